The molecule has 4 heteroatoms. The number of rotatable bonds is 5. The van der Waals surface area contributed by atoms with E-state index in [0.717, 1.165) is 22.4 Å². The number of halogens is 1. The summed E-state index contributed by atoms with van der Waals surface area (Å²) >= 11 is 0. The molecule has 1 heterocycles. The van der Waals surface area contributed by atoms with Gasteiger partial charge in [-0.2, -0.15) is 0 Å². The van der Waals surface area contributed by atoms with Gasteiger partial charge in [0, 0.05) is 17.8 Å². The van der Waals surface area contributed by atoms with Gasteiger partial charge in [-0.25, -0.2) is 4.39 Å². The zero-order chi connectivity index (χ0) is 18.5. The van der Waals surface area contributed by atoms with Crippen molar-refractivity contribution in [3.05, 3.63) is 114 Å². The summed E-state index contributed by atoms with van der Waals surface area (Å²) in [7, 11) is 0. The van der Waals surface area contributed by atoms with Crippen molar-refractivity contribution in [2.75, 3.05) is 0 Å². The van der Waals surface area contributed by atoms with Crippen molar-refractivity contribution in [3.63, 3.8) is 0 Å². The summed E-state index contributed by atoms with van der Waals surface area (Å²) in [5.41, 5.74) is 3.51. The van der Waals surface area contributed by atoms with Crippen LogP contribution in [0.2, 0.25) is 0 Å². The topological polar surface area (TPSA) is 38.4 Å². The lowest BCUT2D eigenvalue weighted by Crippen LogP contribution is -1.99. The molecule has 132 valence electrons. The van der Waals surface area contributed by atoms with E-state index in [-0.39, 0.29) is 11.9 Å². The fourth-order valence-electron chi connectivity index (χ4n) is 2.83. The molecule has 0 saturated heterocycles. The van der Waals surface area contributed by atoms with Gasteiger partial charge in [-0.05, 0) is 23.3 Å². The van der Waals surface area contributed by atoms with Crippen LogP contribution in [0.4, 0.5) is 4.39 Å². The minimum Gasteiger partial charge on any atom is -0.356 e. The minimum absolute atomic E-state index is 0.268. The Morgan fingerprint density at radius 3 is 2.22 bits per heavy atom. The molecule has 3 nitrogen and oxygen atoms in total. The largest absolute Gasteiger partial charge is 0.356 e. The van der Waals surface area contributed by atoms with Crippen LogP contribution in [0, 0.1) is 5.82 Å². The maximum absolute atomic E-state index is 13.1. The van der Waals surface area contributed by atoms with Crippen LogP contribution < -0.4 is 0 Å². The summed E-state index contributed by atoms with van der Waals surface area (Å²) in [6.45, 7) is 0. The minimum atomic E-state index is -0.308. The third kappa shape index (κ3) is 4.01. The summed E-state index contributed by atoms with van der Waals surface area (Å²) in [4.78, 5) is 4.70. The monoisotopic (exact) mass is 356 g/mol. The maximum Gasteiger partial charge on any atom is 0.167 e. The van der Waals surface area contributed by atoms with E-state index >= 15 is 0 Å². The van der Waals surface area contributed by atoms with E-state index in [1.165, 1.54) is 12.1 Å². The van der Waals surface area contributed by atoms with Crippen LogP contribution in [0.1, 0.15) is 22.9 Å². The number of aromatic nitrogens is 1. The molecule has 0 bridgehead atoms. The average molecular weight is 356 g/mol. The molecule has 1 aromatic heterocycles. The second kappa shape index (κ2) is 7.79. The zero-order valence-electron chi connectivity index (χ0n) is 14.5. The Morgan fingerprint density at radius 2 is 1.52 bits per heavy atom. The van der Waals surface area contributed by atoms with Crippen molar-refractivity contribution < 1.29 is 8.91 Å². The number of aliphatic imine (C=N–C) groups is 1. The Bertz CT molecular complexity index is 1020. The van der Waals surface area contributed by atoms with Crippen LogP contribution in [0.15, 0.2) is 101 Å². The predicted molar refractivity (Wildman–Crippen MR) is 104 cm³/mol. The molecule has 0 amide bonds. The maximum atomic E-state index is 13.1. The zero-order valence-corrected chi connectivity index (χ0v) is 14.5. The molecule has 4 aromatic rings. The fourth-order valence-corrected chi connectivity index (χ4v) is 2.83. The van der Waals surface area contributed by atoms with Crippen molar-refractivity contribution in [1.82, 2.24) is 5.16 Å². The van der Waals surface area contributed by atoms with Crippen molar-refractivity contribution in [3.8, 4) is 11.3 Å². The first-order valence-corrected chi connectivity index (χ1v) is 8.65. The molecular weight excluding hydrogens is 339 g/mol. The van der Waals surface area contributed by atoms with Crippen LogP contribution >= 0.6 is 0 Å². The van der Waals surface area contributed by atoms with Crippen molar-refractivity contribution in [2.24, 2.45) is 4.99 Å². The van der Waals surface area contributed by atoms with E-state index in [1.807, 2.05) is 66.7 Å². The van der Waals surface area contributed by atoms with Gasteiger partial charge in [0.15, 0.2) is 5.76 Å². The Kier molecular flexibility index (Phi) is 4.88. The highest BCUT2D eigenvalue weighted by atomic mass is 19.1. The summed E-state index contributed by atoms with van der Waals surface area (Å²) in [6, 6.07) is 27.6. The van der Waals surface area contributed by atoms with Crippen LogP contribution in [0.3, 0.4) is 0 Å². The molecule has 4 rings (SSSR count). The molecule has 0 saturated carbocycles. The normalized spacial score (nSPS) is 12.3. The van der Waals surface area contributed by atoms with Crippen molar-refractivity contribution in [2.45, 2.75) is 6.04 Å². The molecular formula is C23H17FN2O. The average Bonchev–Trinajstić information content (AvgIpc) is 3.21. The molecule has 0 aliphatic carbocycles. The highest BCUT2D eigenvalue weighted by Crippen LogP contribution is 2.29. The number of hydrogen-bond donors (Lipinski definition) is 0. The van der Waals surface area contributed by atoms with Crippen LogP contribution in [-0.2, 0) is 0 Å². The summed E-state index contributed by atoms with van der Waals surface area (Å²) in [6.07, 6.45) is 1.73. The number of hydrogen-bond acceptors (Lipinski definition) is 3. The van der Waals surface area contributed by atoms with E-state index in [4.69, 9.17) is 9.52 Å². The van der Waals surface area contributed by atoms with Gasteiger partial charge in [-0.15, -0.1) is 0 Å². The Labute approximate surface area is 156 Å². The second-order valence-electron chi connectivity index (χ2n) is 6.12. The van der Waals surface area contributed by atoms with Gasteiger partial charge < -0.3 is 4.52 Å². The van der Waals surface area contributed by atoms with E-state index in [0.29, 0.717) is 5.76 Å². The van der Waals surface area contributed by atoms with Gasteiger partial charge in [0.2, 0.25) is 0 Å². The number of benzene rings is 3. The van der Waals surface area contributed by atoms with Crippen LogP contribution in [0.5, 0.6) is 0 Å². The lowest BCUT2D eigenvalue weighted by molar-refractivity contribution is 0.420. The lowest BCUT2D eigenvalue weighted by atomic mass is 10.0. The van der Waals surface area contributed by atoms with Crippen molar-refractivity contribution >= 4 is 6.21 Å². The molecule has 1 atom stereocenters. The molecule has 0 radical (unpaired) electrons. The smallest absolute Gasteiger partial charge is 0.167 e. The molecule has 1 unspecified atom stereocenters. The third-order valence-corrected chi connectivity index (χ3v) is 4.22. The molecule has 0 N–H and O–H groups in total. The predicted octanol–water partition coefficient (Wildman–Crippen LogP) is 5.69. The molecule has 3 aromatic carbocycles. The highest BCUT2D eigenvalue weighted by molar-refractivity contribution is 5.79. The van der Waals surface area contributed by atoms with Crippen LogP contribution in [-0.4, -0.2) is 11.4 Å². The highest BCUT2D eigenvalue weighted by Gasteiger charge is 2.18. The van der Waals surface area contributed by atoms with Crippen molar-refractivity contribution in [1.29, 1.82) is 0 Å². The van der Waals surface area contributed by atoms with Gasteiger partial charge >= 0.3 is 0 Å². The van der Waals surface area contributed by atoms with E-state index in [1.54, 1.807) is 18.3 Å². The molecule has 0 aliphatic heterocycles. The fraction of sp³-hybridized carbons (Fsp3) is 0.0435. The van der Waals surface area contributed by atoms with E-state index < -0.39 is 0 Å². The van der Waals surface area contributed by atoms with Gasteiger partial charge in [0.25, 0.3) is 0 Å². The number of nitrogens with zero attached hydrogens (tertiary/aromatic N) is 2. The SMILES string of the molecule is Fc1ccc(C=NC(c2ccccc2)c2cc(-c3ccccc3)on2)cc1. The van der Waals surface area contributed by atoms with Gasteiger partial charge in [0.05, 0.1) is 0 Å². The molecule has 0 spiro atoms. The van der Waals surface area contributed by atoms with Gasteiger partial charge in [0.1, 0.15) is 17.6 Å². The van der Waals surface area contributed by atoms with E-state index in [2.05, 4.69) is 5.16 Å². The summed E-state index contributed by atoms with van der Waals surface area (Å²) in [5.74, 6) is 0.430. The summed E-state index contributed by atoms with van der Waals surface area (Å²) in [5, 5.41) is 4.25. The van der Waals surface area contributed by atoms with Crippen LogP contribution in [0.25, 0.3) is 11.3 Å². The summed E-state index contributed by atoms with van der Waals surface area (Å²) < 4.78 is 18.7. The molecule has 0 fully saturated rings. The molecule has 27 heavy (non-hydrogen) atoms. The second-order valence-corrected chi connectivity index (χ2v) is 6.12. The Morgan fingerprint density at radius 1 is 0.852 bits per heavy atom. The standard InChI is InChI=1S/C23H17FN2O/c24-20-13-11-17(12-14-20)16-25-23(19-9-5-2-6-10-19)21-15-22(27-26-21)18-7-3-1-4-8-18/h1-16,23H. The first-order valence-electron chi connectivity index (χ1n) is 8.65. The molecule has 0 aliphatic rings. The first-order chi connectivity index (χ1) is 13.3. The Balaban J connectivity index is 1.68. The van der Waals surface area contributed by atoms with Gasteiger partial charge in [-0.1, -0.05) is 78.0 Å². The quantitative estimate of drug-likeness (QED) is 0.431. The van der Waals surface area contributed by atoms with E-state index in [9.17, 15) is 4.39 Å². The third-order valence-electron chi connectivity index (χ3n) is 4.22. The van der Waals surface area contributed by atoms with Gasteiger partial charge in [-0.3, -0.25) is 4.99 Å². The Hall–Kier alpha value is -3.53. The first kappa shape index (κ1) is 16.9. The lowest BCUT2D eigenvalue weighted by Gasteiger charge is -2.09.